The molecule has 3 aromatic rings. The minimum atomic E-state index is -4.10. The molecule has 0 atom stereocenters. The van der Waals surface area contributed by atoms with E-state index in [-0.39, 0.29) is 10.6 Å². The van der Waals surface area contributed by atoms with Gasteiger partial charge >= 0.3 is 0 Å². The molecule has 0 saturated carbocycles. The maximum Gasteiger partial charge on any atom is 0.279 e. The van der Waals surface area contributed by atoms with Crippen molar-refractivity contribution in [3.05, 3.63) is 55.9 Å². The van der Waals surface area contributed by atoms with E-state index in [4.69, 9.17) is 11.6 Å². The number of fused-ring (bicyclic) bond motifs is 1. The Bertz CT molecular complexity index is 1120. The van der Waals surface area contributed by atoms with Gasteiger partial charge in [-0.05, 0) is 38.5 Å². The molecule has 24 heavy (non-hydrogen) atoms. The van der Waals surface area contributed by atoms with Crippen LogP contribution in [0.2, 0.25) is 5.02 Å². The van der Waals surface area contributed by atoms with E-state index in [0.717, 1.165) is 0 Å². The van der Waals surface area contributed by atoms with Gasteiger partial charge in [-0.25, -0.2) is 13.4 Å². The molecule has 9 heteroatoms. The van der Waals surface area contributed by atoms with Crippen molar-refractivity contribution in [3.63, 3.8) is 0 Å². The van der Waals surface area contributed by atoms with Crippen molar-refractivity contribution < 1.29 is 8.42 Å². The topological polar surface area (TPSA) is 80.5 Å². The molecule has 2 heterocycles. The van der Waals surface area contributed by atoms with Crippen LogP contribution in [0, 0.1) is 20.8 Å². The molecule has 0 aliphatic heterocycles. The number of thiazole rings is 1. The lowest BCUT2D eigenvalue weighted by Gasteiger charge is -2.12. The molecule has 0 aliphatic carbocycles. The molecule has 0 spiro atoms. The Morgan fingerprint density at radius 3 is 2.67 bits per heavy atom. The number of aromatic nitrogens is 2. The van der Waals surface area contributed by atoms with E-state index < -0.39 is 15.6 Å². The third-order valence-corrected chi connectivity index (χ3v) is 6.50. The zero-order valence-corrected chi connectivity index (χ0v) is 15.5. The van der Waals surface area contributed by atoms with Crippen LogP contribution < -0.4 is 10.3 Å². The molecule has 1 N–H and O–H groups in total. The largest absolute Gasteiger partial charge is 0.279 e. The first kappa shape index (κ1) is 16.9. The molecule has 0 fully saturated rings. The summed E-state index contributed by atoms with van der Waals surface area (Å²) in [5.74, 6) is 0. The van der Waals surface area contributed by atoms with Gasteiger partial charge in [-0.1, -0.05) is 17.7 Å². The van der Waals surface area contributed by atoms with Crippen LogP contribution in [-0.4, -0.2) is 17.8 Å². The molecule has 0 aliphatic rings. The van der Waals surface area contributed by atoms with Crippen LogP contribution >= 0.6 is 22.9 Å². The first-order valence-corrected chi connectivity index (χ1v) is 9.72. The average molecular weight is 384 g/mol. The number of halogens is 1. The van der Waals surface area contributed by atoms with Crippen molar-refractivity contribution in [2.75, 3.05) is 4.72 Å². The van der Waals surface area contributed by atoms with Crippen LogP contribution in [0.3, 0.4) is 0 Å². The Hall–Kier alpha value is -1.90. The number of nitrogens with zero attached hydrogens (tertiary/aromatic N) is 2. The predicted octanol–water partition coefficient (Wildman–Crippen LogP) is 3.14. The lowest BCUT2D eigenvalue weighted by molar-refractivity contribution is 0.598. The minimum absolute atomic E-state index is 0.161. The van der Waals surface area contributed by atoms with Crippen molar-refractivity contribution in [2.45, 2.75) is 25.7 Å². The Morgan fingerprint density at radius 1 is 1.25 bits per heavy atom. The standard InChI is InChI=1S/C15H14ClN3O3S2/c1-8-7-23-15-17-10(3)13(14(20)19(8)15)24(21,22)18-12-6-4-5-11(16)9(12)2/h4-7,18H,1-3H3. The quantitative estimate of drug-likeness (QED) is 0.753. The molecule has 2 aromatic heterocycles. The summed E-state index contributed by atoms with van der Waals surface area (Å²) in [5.41, 5.74) is 1.11. The summed E-state index contributed by atoms with van der Waals surface area (Å²) < 4.78 is 29.3. The Morgan fingerprint density at radius 2 is 1.96 bits per heavy atom. The van der Waals surface area contributed by atoms with E-state index in [1.54, 1.807) is 37.4 Å². The predicted molar refractivity (Wildman–Crippen MR) is 95.8 cm³/mol. The zero-order chi connectivity index (χ0) is 17.6. The Kier molecular flexibility index (Phi) is 4.15. The van der Waals surface area contributed by atoms with E-state index in [1.807, 2.05) is 0 Å². The second kappa shape index (κ2) is 5.87. The molecule has 126 valence electrons. The number of sulfonamides is 1. The van der Waals surface area contributed by atoms with Crippen molar-refractivity contribution in [3.8, 4) is 0 Å². The van der Waals surface area contributed by atoms with Crippen molar-refractivity contribution in [2.24, 2.45) is 0 Å². The SMILES string of the molecule is Cc1nc2scc(C)n2c(=O)c1S(=O)(=O)Nc1cccc(Cl)c1C. The number of aryl methyl sites for hydroxylation is 2. The molecule has 0 radical (unpaired) electrons. The van der Waals surface area contributed by atoms with E-state index >= 15 is 0 Å². The molecule has 0 saturated heterocycles. The maximum absolute atomic E-state index is 12.8. The number of anilines is 1. The van der Waals surface area contributed by atoms with E-state index in [9.17, 15) is 13.2 Å². The molecule has 0 amide bonds. The number of nitrogens with one attached hydrogen (secondary N) is 1. The third-order valence-electron chi connectivity index (χ3n) is 3.65. The number of rotatable bonds is 3. The number of hydrogen-bond donors (Lipinski definition) is 1. The van der Waals surface area contributed by atoms with Gasteiger partial charge in [0.1, 0.15) is 0 Å². The van der Waals surface area contributed by atoms with Gasteiger partial charge in [-0.2, -0.15) is 0 Å². The second-order valence-corrected chi connectivity index (χ2v) is 8.21. The average Bonchev–Trinajstić information content (AvgIpc) is 2.84. The highest BCUT2D eigenvalue weighted by Gasteiger charge is 2.25. The van der Waals surface area contributed by atoms with Crippen molar-refractivity contribution >= 4 is 43.6 Å². The van der Waals surface area contributed by atoms with Gasteiger partial charge in [0.2, 0.25) is 0 Å². The van der Waals surface area contributed by atoms with Crippen molar-refractivity contribution in [1.29, 1.82) is 0 Å². The Balaban J connectivity index is 2.20. The van der Waals surface area contributed by atoms with Crippen LogP contribution in [0.1, 0.15) is 17.0 Å². The van der Waals surface area contributed by atoms with Crippen LogP contribution in [0.5, 0.6) is 0 Å². The summed E-state index contributed by atoms with van der Waals surface area (Å²) in [5, 5.41) is 2.19. The van der Waals surface area contributed by atoms with Gasteiger partial charge in [0.15, 0.2) is 9.86 Å². The summed E-state index contributed by atoms with van der Waals surface area (Å²) in [6, 6.07) is 4.89. The monoisotopic (exact) mass is 383 g/mol. The molecule has 1 aromatic carbocycles. The summed E-state index contributed by atoms with van der Waals surface area (Å²) in [6.45, 7) is 4.94. The Labute approximate surface area is 147 Å². The molecule has 0 bridgehead atoms. The summed E-state index contributed by atoms with van der Waals surface area (Å²) in [7, 11) is -4.10. The van der Waals surface area contributed by atoms with Gasteiger partial charge in [-0.15, -0.1) is 11.3 Å². The maximum atomic E-state index is 12.8. The van der Waals surface area contributed by atoms with E-state index in [0.29, 0.717) is 26.9 Å². The van der Waals surface area contributed by atoms with Gasteiger partial charge in [0.05, 0.1) is 11.4 Å². The van der Waals surface area contributed by atoms with Gasteiger partial charge in [-0.3, -0.25) is 13.9 Å². The smallest absolute Gasteiger partial charge is 0.279 e. The third kappa shape index (κ3) is 2.70. The molecule has 3 rings (SSSR count). The highest BCUT2D eigenvalue weighted by molar-refractivity contribution is 7.92. The molecular weight excluding hydrogens is 370 g/mol. The van der Waals surface area contributed by atoms with E-state index in [2.05, 4.69) is 9.71 Å². The first-order chi connectivity index (χ1) is 11.2. The lowest BCUT2D eigenvalue weighted by atomic mass is 10.2. The second-order valence-electron chi connectivity index (χ2n) is 5.34. The summed E-state index contributed by atoms with van der Waals surface area (Å²) >= 11 is 7.31. The lowest BCUT2D eigenvalue weighted by Crippen LogP contribution is -2.28. The summed E-state index contributed by atoms with van der Waals surface area (Å²) in [4.78, 5) is 17.1. The molecule has 0 unspecified atom stereocenters. The first-order valence-electron chi connectivity index (χ1n) is 6.98. The van der Waals surface area contributed by atoms with Crippen molar-refractivity contribution in [1.82, 2.24) is 9.38 Å². The fourth-order valence-corrected chi connectivity index (χ4v) is 4.84. The highest BCUT2D eigenvalue weighted by Crippen LogP contribution is 2.25. The fourth-order valence-electron chi connectivity index (χ4n) is 2.39. The van der Waals surface area contributed by atoms with Crippen LogP contribution in [0.25, 0.3) is 4.96 Å². The van der Waals surface area contributed by atoms with Crippen LogP contribution in [0.4, 0.5) is 5.69 Å². The fraction of sp³-hybridized carbons (Fsp3) is 0.200. The zero-order valence-electron chi connectivity index (χ0n) is 13.1. The molecule has 6 nitrogen and oxygen atoms in total. The van der Waals surface area contributed by atoms with Crippen LogP contribution in [0.15, 0.2) is 33.3 Å². The highest BCUT2D eigenvalue weighted by atomic mass is 35.5. The van der Waals surface area contributed by atoms with Crippen LogP contribution in [-0.2, 0) is 10.0 Å². The van der Waals surface area contributed by atoms with Gasteiger partial charge in [0, 0.05) is 16.1 Å². The molecular formula is C15H14ClN3O3S2. The number of hydrogen-bond acceptors (Lipinski definition) is 5. The summed E-state index contributed by atoms with van der Waals surface area (Å²) in [6.07, 6.45) is 0. The van der Waals surface area contributed by atoms with E-state index in [1.165, 1.54) is 22.7 Å². The van der Waals surface area contributed by atoms with Gasteiger partial charge < -0.3 is 0 Å². The van der Waals surface area contributed by atoms with Gasteiger partial charge in [0.25, 0.3) is 15.6 Å². The number of benzene rings is 1. The minimum Gasteiger partial charge on any atom is -0.279 e. The normalized spacial score (nSPS) is 11.8.